The number of nitriles is 1. The van der Waals surface area contributed by atoms with Crippen LogP contribution in [0.1, 0.15) is 19.4 Å². The summed E-state index contributed by atoms with van der Waals surface area (Å²) in [5, 5.41) is 9.02. The van der Waals surface area contributed by atoms with Gasteiger partial charge in [-0.25, -0.2) is 0 Å². The van der Waals surface area contributed by atoms with Gasteiger partial charge in [-0.1, -0.05) is 6.92 Å². The van der Waals surface area contributed by atoms with Crippen molar-refractivity contribution in [2.75, 3.05) is 36.8 Å². The first kappa shape index (κ1) is 12.7. The Kier molecular flexibility index (Phi) is 3.73. The van der Waals surface area contributed by atoms with Gasteiger partial charge in [0.2, 0.25) is 0 Å². The van der Waals surface area contributed by atoms with Crippen LogP contribution in [0, 0.1) is 11.3 Å². The molecule has 96 valence electrons. The molecule has 1 aliphatic heterocycles. The largest absolute Gasteiger partial charge is 0.398 e. The van der Waals surface area contributed by atoms with Crippen molar-refractivity contribution in [2.45, 2.75) is 19.9 Å². The van der Waals surface area contributed by atoms with Gasteiger partial charge in [0.05, 0.1) is 5.56 Å². The maximum atomic E-state index is 9.02. The predicted molar refractivity (Wildman–Crippen MR) is 74.5 cm³/mol. The number of hydrogen-bond donors (Lipinski definition) is 1. The van der Waals surface area contributed by atoms with Crippen LogP contribution in [0.3, 0.4) is 0 Å². The Labute approximate surface area is 109 Å². The second-order valence-corrected chi connectivity index (χ2v) is 4.81. The van der Waals surface area contributed by atoms with Gasteiger partial charge in [0.15, 0.2) is 0 Å². The summed E-state index contributed by atoms with van der Waals surface area (Å²) in [4.78, 5) is 4.80. The molecule has 0 saturated carbocycles. The fourth-order valence-electron chi connectivity index (χ4n) is 2.54. The van der Waals surface area contributed by atoms with Crippen LogP contribution in [0.5, 0.6) is 0 Å². The molecule has 1 heterocycles. The van der Waals surface area contributed by atoms with Crippen LogP contribution < -0.4 is 10.6 Å². The average molecular weight is 244 g/mol. The molecule has 0 amide bonds. The van der Waals surface area contributed by atoms with Gasteiger partial charge in [-0.05, 0) is 31.7 Å². The molecule has 0 aliphatic carbocycles. The molecule has 1 fully saturated rings. The van der Waals surface area contributed by atoms with E-state index in [2.05, 4.69) is 29.7 Å². The average Bonchev–Trinajstić information content (AvgIpc) is 2.39. The van der Waals surface area contributed by atoms with Gasteiger partial charge >= 0.3 is 0 Å². The molecule has 1 aromatic rings. The molecule has 2 N–H and O–H groups in total. The lowest BCUT2D eigenvalue weighted by Crippen LogP contribution is -2.51. The van der Waals surface area contributed by atoms with Gasteiger partial charge in [-0.15, -0.1) is 0 Å². The smallest absolute Gasteiger partial charge is 0.101 e. The lowest BCUT2D eigenvalue weighted by Gasteiger charge is -2.40. The van der Waals surface area contributed by atoms with Gasteiger partial charge in [0, 0.05) is 37.1 Å². The topological polar surface area (TPSA) is 56.3 Å². The summed E-state index contributed by atoms with van der Waals surface area (Å²) in [6.45, 7) is 8.63. The van der Waals surface area contributed by atoms with E-state index in [4.69, 9.17) is 11.0 Å². The summed E-state index contributed by atoms with van der Waals surface area (Å²) in [5.74, 6) is 0. The third-order valence-electron chi connectivity index (χ3n) is 3.69. The second kappa shape index (κ2) is 5.28. The van der Waals surface area contributed by atoms with E-state index in [0.29, 0.717) is 17.3 Å². The second-order valence-electron chi connectivity index (χ2n) is 4.81. The molecule has 1 aliphatic rings. The van der Waals surface area contributed by atoms with Crippen LogP contribution >= 0.6 is 0 Å². The molecular formula is C14H20N4. The van der Waals surface area contributed by atoms with Crippen LogP contribution in [-0.4, -0.2) is 37.1 Å². The van der Waals surface area contributed by atoms with E-state index < -0.39 is 0 Å². The van der Waals surface area contributed by atoms with Crippen molar-refractivity contribution >= 4 is 11.4 Å². The molecule has 18 heavy (non-hydrogen) atoms. The zero-order valence-electron chi connectivity index (χ0n) is 11.1. The summed E-state index contributed by atoms with van der Waals surface area (Å²) >= 11 is 0. The predicted octanol–water partition coefficient (Wildman–Crippen LogP) is 1.67. The number of hydrogen-bond acceptors (Lipinski definition) is 4. The first-order valence-corrected chi connectivity index (χ1v) is 6.44. The molecule has 4 nitrogen and oxygen atoms in total. The van der Waals surface area contributed by atoms with E-state index in [-0.39, 0.29) is 0 Å². The molecular weight excluding hydrogens is 224 g/mol. The lowest BCUT2D eigenvalue weighted by atomic mass is 10.1. The Bertz CT molecular complexity index is 463. The van der Waals surface area contributed by atoms with E-state index in [1.54, 1.807) is 0 Å². The number of nitrogens with zero attached hydrogens (tertiary/aromatic N) is 3. The van der Waals surface area contributed by atoms with E-state index >= 15 is 0 Å². The summed E-state index contributed by atoms with van der Waals surface area (Å²) < 4.78 is 0. The van der Waals surface area contributed by atoms with Gasteiger partial charge < -0.3 is 10.6 Å². The number of nitrogens with two attached hydrogens (primary N) is 1. The number of benzene rings is 1. The van der Waals surface area contributed by atoms with E-state index in [1.165, 1.54) is 0 Å². The molecule has 0 bridgehead atoms. The molecule has 1 atom stereocenters. The maximum absolute atomic E-state index is 9.02. The molecule has 2 rings (SSSR count). The van der Waals surface area contributed by atoms with E-state index in [0.717, 1.165) is 31.9 Å². The van der Waals surface area contributed by atoms with Gasteiger partial charge in [0.25, 0.3) is 0 Å². The van der Waals surface area contributed by atoms with Crippen molar-refractivity contribution < 1.29 is 0 Å². The molecule has 1 unspecified atom stereocenters. The van der Waals surface area contributed by atoms with Crippen molar-refractivity contribution in [1.29, 1.82) is 5.26 Å². The number of rotatable bonds is 2. The minimum Gasteiger partial charge on any atom is -0.398 e. The van der Waals surface area contributed by atoms with Crippen LogP contribution in [0.25, 0.3) is 0 Å². The molecule has 1 saturated heterocycles. The van der Waals surface area contributed by atoms with Crippen molar-refractivity contribution in [3.05, 3.63) is 23.8 Å². The van der Waals surface area contributed by atoms with E-state index in [1.807, 2.05) is 18.2 Å². The highest BCUT2D eigenvalue weighted by molar-refractivity contribution is 5.63. The zero-order chi connectivity index (χ0) is 13.1. The minimum absolute atomic E-state index is 0.548. The Balaban J connectivity index is 2.16. The Morgan fingerprint density at radius 2 is 2.22 bits per heavy atom. The van der Waals surface area contributed by atoms with Gasteiger partial charge in [-0.3, -0.25) is 4.90 Å². The monoisotopic (exact) mass is 244 g/mol. The number of nitrogen functional groups attached to an aromatic ring is 1. The van der Waals surface area contributed by atoms with Crippen LogP contribution in [0.4, 0.5) is 11.4 Å². The fourth-order valence-corrected chi connectivity index (χ4v) is 2.54. The highest BCUT2D eigenvalue weighted by atomic mass is 15.3. The highest BCUT2D eigenvalue weighted by Crippen LogP contribution is 2.23. The Morgan fingerprint density at radius 1 is 1.44 bits per heavy atom. The van der Waals surface area contributed by atoms with Crippen LogP contribution in [-0.2, 0) is 0 Å². The third kappa shape index (κ3) is 2.41. The molecule has 0 spiro atoms. The van der Waals surface area contributed by atoms with E-state index in [9.17, 15) is 0 Å². The summed E-state index contributed by atoms with van der Waals surface area (Å²) in [6, 6.07) is 8.41. The van der Waals surface area contributed by atoms with Crippen molar-refractivity contribution in [1.82, 2.24) is 4.90 Å². The Morgan fingerprint density at radius 3 is 2.83 bits per heavy atom. The quantitative estimate of drug-likeness (QED) is 0.804. The Hall–Kier alpha value is -1.73. The van der Waals surface area contributed by atoms with Gasteiger partial charge in [0.1, 0.15) is 6.07 Å². The first-order valence-electron chi connectivity index (χ1n) is 6.44. The number of anilines is 2. The summed E-state index contributed by atoms with van der Waals surface area (Å²) in [6.07, 6.45) is 0. The highest BCUT2D eigenvalue weighted by Gasteiger charge is 2.22. The third-order valence-corrected chi connectivity index (χ3v) is 3.69. The SMILES string of the molecule is CCN1CCN(c2ccc(N)c(C#N)c2)CC1C. The summed E-state index contributed by atoms with van der Waals surface area (Å²) in [7, 11) is 0. The lowest BCUT2D eigenvalue weighted by molar-refractivity contribution is 0.199. The maximum Gasteiger partial charge on any atom is 0.101 e. The van der Waals surface area contributed by atoms with Crippen molar-refractivity contribution in [3.63, 3.8) is 0 Å². The summed E-state index contributed by atoms with van der Waals surface area (Å²) in [5.41, 5.74) is 7.98. The molecule has 4 heteroatoms. The molecule has 0 aromatic heterocycles. The molecule has 1 aromatic carbocycles. The van der Waals surface area contributed by atoms with Gasteiger partial charge in [-0.2, -0.15) is 5.26 Å². The zero-order valence-corrected chi connectivity index (χ0v) is 11.1. The standard InChI is InChI=1S/C14H20N4/c1-3-17-6-7-18(10-11(17)2)13-4-5-14(16)12(8-13)9-15/h4-5,8,11H,3,6-7,10,16H2,1-2H3. The first-order chi connectivity index (χ1) is 8.65. The molecule has 0 radical (unpaired) electrons. The van der Waals surface area contributed by atoms with Crippen LogP contribution in [0.15, 0.2) is 18.2 Å². The van der Waals surface area contributed by atoms with Crippen molar-refractivity contribution in [2.24, 2.45) is 0 Å². The number of piperazine rings is 1. The van der Waals surface area contributed by atoms with Crippen molar-refractivity contribution in [3.8, 4) is 6.07 Å². The number of likely N-dealkylation sites (N-methyl/N-ethyl adjacent to an activating group) is 1. The fraction of sp³-hybridized carbons (Fsp3) is 0.500. The van der Waals surface area contributed by atoms with Crippen LogP contribution in [0.2, 0.25) is 0 Å². The normalized spacial score (nSPS) is 20.7. The minimum atomic E-state index is 0.548.